The van der Waals surface area contributed by atoms with E-state index in [2.05, 4.69) is 40.3 Å². The maximum atomic E-state index is 10.6. The molecule has 0 aromatic carbocycles. The van der Waals surface area contributed by atoms with Crippen LogP contribution < -0.4 is 15.5 Å². The maximum absolute atomic E-state index is 10.6. The average molecular weight is 460 g/mol. The lowest BCUT2D eigenvalue weighted by Gasteiger charge is -2.32. The Hall–Kier alpha value is -3.37. The highest BCUT2D eigenvalue weighted by molar-refractivity contribution is 6.06. The molecule has 0 spiro atoms. The molecule has 4 aromatic heterocycles. The van der Waals surface area contributed by atoms with Gasteiger partial charge in [-0.1, -0.05) is 0 Å². The minimum absolute atomic E-state index is 0.0157. The van der Waals surface area contributed by atoms with Gasteiger partial charge in [-0.3, -0.25) is 4.98 Å². The molecule has 1 saturated carbocycles. The van der Waals surface area contributed by atoms with E-state index in [9.17, 15) is 5.11 Å². The van der Waals surface area contributed by atoms with Gasteiger partial charge in [0.05, 0.1) is 23.9 Å². The van der Waals surface area contributed by atoms with Gasteiger partial charge < -0.3 is 25.2 Å². The molecule has 34 heavy (non-hydrogen) atoms. The minimum Gasteiger partial charge on any atom is -0.391 e. The number of fused-ring (bicyclic) bond motifs is 3. The summed E-state index contributed by atoms with van der Waals surface area (Å²) in [4.78, 5) is 16.0. The first-order valence-corrected chi connectivity index (χ1v) is 12.0. The van der Waals surface area contributed by atoms with Gasteiger partial charge in [0.2, 0.25) is 5.95 Å². The first-order valence-electron chi connectivity index (χ1n) is 12.0. The van der Waals surface area contributed by atoms with Gasteiger partial charge in [0, 0.05) is 42.3 Å². The molecule has 1 aliphatic heterocycles. The van der Waals surface area contributed by atoms with Crippen LogP contribution in [0.3, 0.4) is 0 Å². The van der Waals surface area contributed by atoms with Crippen LogP contribution in [0.5, 0.6) is 0 Å². The zero-order chi connectivity index (χ0) is 23.1. The Morgan fingerprint density at radius 3 is 2.62 bits per heavy atom. The summed E-state index contributed by atoms with van der Waals surface area (Å²) in [5, 5.41) is 28.0. The zero-order valence-corrected chi connectivity index (χ0v) is 19.2. The van der Waals surface area contributed by atoms with Gasteiger partial charge in [-0.15, -0.1) is 10.2 Å². The molecule has 2 fully saturated rings. The van der Waals surface area contributed by atoms with Gasteiger partial charge in [-0.2, -0.15) is 4.98 Å². The van der Waals surface area contributed by atoms with Crippen molar-refractivity contribution in [2.45, 2.75) is 50.3 Å². The molecule has 3 N–H and O–H groups in total. The highest BCUT2D eigenvalue weighted by Crippen LogP contribution is 2.37. The Bertz CT molecular complexity index is 1300. The first kappa shape index (κ1) is 21.2. The van der Waals surface area contributed by atoms with E-state index in [1.807, 2.05) is 37.6 Å². The van der Waals surface area contributed by atoms with Crippen LogP contribution in [0, 0.1) is 0 Å². The van der Waals surface area contributed by atoms with Crippen LogP contribution in [0.15, 0.2) is 36.8 Å². The summed E-state index contributed by atoms with van der Waals surface area (Å²) in [5.41, 5.74) is 1.77. The topological polar surface area (TPSA) is 117 Å². The Balaban J connectivity index is 1.28. The number of anilines is 3. The van der Waals surface area contributed by atoms with Crippen molar-refractivity contribution in [1.29, 1.82) is 0 Å². The number of hydrogen-bond donors (Lipinski definition) is 3. The number of nitrogens with zero attached hydrogens (tertiary/aromatic N) is 7. The predicted octanol–water partition coefficient (Wildman–Crippen LogP) is 2.79. The summed E-state index contributed by atoms with van der Waals surface area (Å²) in [7, 11) is 2.02. The lowest BCUT2D eigenvalue weighted by molar-refractivity contribution is 0.140. The molecule has 0 amide bonds. The monoisotopic (exact) mass is 459 g/mol. The molecule has 6 rings (SSSR count). The van der Waals surface area contributed by atoms with E-state index in [4.69, 9.17) is 4.98 Å². The normalized spacial score (nSPS) is 21.5. The maximum Gasteiger partial charge on any atom is 0.230 e. The number of hydrogen-bond acceptors (Lipinski definition) is 9. The van der Waals surface area contributed by atoms with Crippen LogP contribution >= 0.6 is 0 Å². The fourth-order valence-corrected chi connectivity index (χ4v) is 5.36. The van der Waals surface area contributed by atoms with Crippen molar-refractivity contribution in [3.8, 4) is 0 Å². The van der Waals surface area contributed by atoms with E-state index in [-0.39, 0.29) is 12.1 Å². The van der Waals surface area contributed by atoms with Crippen molar-refractivity contribution >= 4 is 39.5 Å². The van der Waals surface area contributed by atoms with Gasteiger partial charge in [0.15, 0.2) is 11.6 Å². The minimum atomic E-state index is -0.387. The number of rotatable bonds is 5. The molecule has 5 heterocycles. The summed E-state index contributed by atoms with van der Waals surface area (Å²) in [6.07, 6.45) is 9.99. The molecule has 1 aliphatic carbocycles. The molecular weight excluding hydrogens is 430 g/mol. The number of aliphatic hydroxyl groups is 1. The van der Waals surface area contributed by atoms with E-state index >= 15 is 0 Å². The first-order chi connectivity index (χ1) is 16.7. The SMILES string of the molecule is CNC1CCN(c2ccc(Nc3ncc4c5ccncc5n([C@H]5CCC[C@@H]5O)c4n3)nn2)CC1. The predicted molar refractivity (Wildman–Crippen MR) is 131 cm³/mol. The smallest absolute Gasteiger partial charge is 0.230 e. The highest BCUT2D eigenvalue weighted by Gasteiger charge is 2.30. The molecule has 1 saturated heterocycles. The third-order valence-corrected chi connectivity index (χ3v) is 7.24. The van der Waals surface area contributed by atoms with Gasteiger partial charge in [-0.05, 0) is 57.4 Å². The number of nitrogens with one attached hydrogen (secondary N) is 2. The molecule has 4 aromatic rings. The largest absolute Gasteiger partial charge is 0.391 e. The van der Waals surface area contributed by atoms with Crippen LogP contribution in [-0.4, -0.2) is 67.1 Å². The quantitative estimate of drug-likeness (QED) is 0.414. The van der Waals surface area contributed by atoms with Crippen molar-refractivity contribution in [3.05, 3.63) is 36.8 Å². The highest BCUT2D eigenvalue weighted by atomic mass is 16.3. The standard InChI is InChI=1S/C24H29N9O/c1-25-15-8-11-32(12-9-15)22-6-5-21(30-31-22)28-24-27-13-17-16-7-10-26-14-19(16)33(23(17)29-24)18-3-2-4-20(18)34/h5-7,10,13-15,18,20,25,34H,2-4,8-9,11-12H2,1H3,(H,27,28,29,30)/t18-,20-/m0/s1. The molecular formula is C24H29N9O. The molecule has 176 valence electrons. The molecule has 0 radical (unpaired) electrons. The summed E-state index contributed by atoms with van der Waals surface area (Å²) >= 11 is 0. The summed E-state index contributed by atoms with van der Waals surface area (Å²) in [6, 6.07) is 6.45. The average Bonchev–Trinajstić information content (AvgIpc) is 3.44. The number of piperidine rings is 1. The van der Waals surface area contributed by atoms with Crippen molar-refractivity contribution in [1.82, 2.24) is 35.0 Å². The Morgan fingerprint density at radius 2 is 1.88 bits per heavy atom. The van der Waals surface area contributed by atoms with E-state index in [1.165, 1.54) is 0 Å². The molecule has 2 atom stereocenters. The Labute approximate surface area is 197 Å². The molecule has 10 heteroatoms. The van der Waals surface area contributed by atoms with Gasteiger partial charge in [0.1, 0.15) is 5.65 Å². The van der Waals surface area contributed by atoms with Gasteiger partial charge in [-0.25, -0.2) is 4.98 Å². The number of aromatic nitrogens is 6. The number of pyridine rings is 1. The third-order valence-electron chi connectivity index (χ3n) is 7.24. The van der Waals surface area contributed by atoms with Crippen LogP contribution in [0.25, 0.3) is 21.9 Å². The van der Waals surface area contributed by atoms with Gasteiger partial charge >= 0.3 is 0 Å². The van der Waals surface area contributed by atoms with Crippen LogP contribution in [0.4, 0.5) is 17.6 Å². The van der Waals surface area contributed by atoms with Gasteiger partial charge in [0.25, 0.3) is 0 Å². The molecule has 2 aliphatic rings. The molecule has 10 nitrogen and oxygen atoms in total. The lowest BCUT2D eigenvalue weighted by Crippen LogP contribution is -2.41. The fraction of sp³-hybridized carbons (Fsp3) is 0.458. The number of aliphatic hydroxyl groups excluding tert-OH is 1. The van der Waals surface area contributed by atoms with Crippen molar-refractivity contribution < 1.29 is 5.11 Å². The molecule has 0 unspecified atom stereocenters. The zero-order valence-electron chi connectivity index (χ0n) is 19.2. The fourth-order valence-electron chi connectivity index (χ4n) is 5.36. The second-order valence-corrected chi connectivity index (χ2v) is 9.21. The van der Waals surface area contributed by atoms with E-state index < -0.39 is 0 Å². The van der Waals surface area contributed by atoms with Crippen molar-refractivity contribution in [3.63, 3.8) is 0 Å². The second kappa shape index (κ2) is 8.77. The van der Waals surface area contributed by atoms with E-state index in [0.29, 0.717) is 17.8 Å². The summed E-state index contributed by atoms with van der Waals surface area (Å²) in [6.45, 7) is 1.94. The third kappa shape index (κ3) is 3.72. The lowest BCUT2D eigenvalue weighted by atomic mass is 10.1. The van der Waals surface area contributed by atoms with Crippen LogP contribution in [-0.2, 0) is 0 Å². The second-order valence-electron chi connectivity index (χ2n) is 9.21. The van der Waals surface area contributed by atoms with Crippen molar-refractivity contribution in [2.24, 2.45) is 0 Å². The Kier molecular flexibility index (Phi) is 5.46. The summed E-state index contributed by atoms with van der Waals surface area (Å²) in [5.74, 6) is 1.94. The van der Waals surface area contributed by atoms with Crippen molar-refractivity contribution in [2.75, 3.05) is 30.4 Å². The van der Waals surface area contributed by atoms with E-state index in [0.717, 1.165) is 72.9 Å². The molecule has 0 bridgehead atoms. The van der Waals surface area contributed by atoms with Crippen LogP contribution in [0.2, 0.25) is 0 Å². The Morgan fingerprint density at radius 1 is 1.00 bits per heavy atom. The summed E-state index contributed by atoms with van der Waals surface area (Å²) < 4.78 is 2.13. The van der Waals surface area contributed by atoms with Crippen LogP contribution in [0.1, 0.15) is 38.1 Å². The van der Waals surface area contributed by atoms with E-state index in [1.54, 1.807) is 6.20 Å².